The van der Waals surface area contributed by atoms with E-state index in [4.69, 9.17) is 0 Å². The van der Waals surface area contributed by atoms with Crippen molar-refractivity contribution in [2.24, 2.45) is 0 Å². The van der Waals surface area contributed by atoms with Gasteiger partial charge in [-0.1, -0.05) is 12.1 Å². The summed E-state index contributed by atoms with van der Waals surface area (Å²) in [5, 5.41) is 8.49. The topological polar surface area (TPSA) is 111 Å². The number of imide groups is 1. The number of hydrogen-bond acceptors (Lipinski definition) is 5. The third kappa shape index (κ3) is 4.57. The fourth-order valence-corrected chi connectivity index (χ4v) is 4.05. The highest BCUT2D eigenvalue weighted by Crippen LogP contribution is 2.28. The van der Waals surface area contributed by atoms with Gasteiger partial charge in [-0.05, 0) is 36.6 Å². The summed E-state index contributed by atoms with van der Waals surface area (Å²) < 4.78 is 0. The van der Waals surface area contributed by atoms with Crippen molar-refractivity contribution in [1.29, 1.82) is 0 Å². The van der Waals surface area contributed by atoms with E-state index < -0.39 is 11.9 Å². The van der Waals surface area contributed by atoms with E-state index in [0.29, 0.717) is 31.6 Å². The molecule has 5 amide bonds. The summed E-state index contributed by atoms with van der Waals surface area (Å²) in [4.78, 5) is 52.0. The minimum absolute atomic E-state index is 0. The number of benzene rings is 1. The van der Waals surface area contributed by atoms with E-state index in [-0.39, 0.29) is 36.7 Å². The maximum Gasteiger partial charge on any atom is 0.317 e. The monoisotopic (exact) mass is 435 g/mol. The van der Waals surface area contributed by atoms with E-state index in [1.807, 2.05) is 12.1 Å². The first-order chi connectivity index (χ1) is 14.0. The zero-order chi connectivity index (χ0) is 20.4. The van der Waals surface area contributed by atoms with Crippen LogP contribution in [0.3, 0.4) is 0 Å². The summed E-state index contributed by atoms with van der Waals surface area (Å²) in [6, 6.07) is 4.83. The van der Waals surface area contributed by atoms with Gasteiger partial charge in [-0.25, -0.2) is 4.79 Å². The van der Waals surface area contributed by atoms with Gasteiger partial charge >= 0.3 is 6.03 Å². The van der Waals surface area contributed by atoms with Crippen molar-refractivity contribution in [2.75, 3.05) is 26.2 Å². The molecule has 0 spiro atoms. The van der Waals surface area contributed by atoms with Crippen LogP contribution in [0.15, 0.2) is 18.2 Å². The first-order valence-electron chi connectivity index (χ1n) is 10.0. The molecule has 162 valence electrons. The van der Waals surface area contributed by atoms with Crippen LogP contribution < -0.4 is 16.0 Å². The number of amides is 5. The first kappa shape index (κ1) is 22.0. The maximum atomic E-state index is 12.9. The Balaban J connectivity index is 0.00000256. The van der Waals surface area contributed by atoms with E-state index in [1.54, 1.807) is 11.0 Å². The average Bonchev–Trinajstić information content (AvgIpc) is 2.88. The number of piperidine rings is 1. The van der Waals surface area contributed by atoms with E-state index in [9.17, 15) is 19.2 Å². The van der Waals surface area contributed by atoms with Crippen LogP contribution in [0.2, 0.25) is 0 Å². The van der Waals surface area contributed by atoms with Gasteiger partial charge in [0.05, 0.1) is 0 Å². The summed E-state index contributed by atoms with van der Waals surface area (Å²) in [5.74, 6) is -0.920. The predicted molar refractivity (Wildman–Crippen MR) is 111 cm³/mol. The van der Waals surface area contributed by atoms with Gasteiger partial charge in [0.15, 0.2) is 0 Å². The summed E-state index contributed by atoms with van der Waals surface area (Å²) in [6.45, 7) is 3.80. The molecule has 1 aromatic carbocycles. The van der Waals surface area contributed by atoms with Gasteiger partial charge < -0.3 is 20.4 Å². The Morgan fingerprint density at radius 3 is 2.80 bits per heavy atom. The molecule has 1 atom stereocenters. The summed E-state index contributed by atoms with van der Waals surface area (Å²) in [7, 11) is 0. The molecular weight excluding hydrogens is 410 g/mol. The van der Waals surface area contributed by atoms with Gasteiger partial charge in [-0.2, -0.15) is 0 Å². The van der Waals surface area contributed by atoms with Crippen LogP contribution in [0.5, 0.6) is 0 Å². The lowest BCUT2D eigenvalue weighted by atomic mass is 10.0. The molecule has 2 fully saturated rings. The Hall–Kier alpha value is -2.65. The largest absolute Gasteiger partial charge is 0.334 e. The number of carbonyl (C=O) groups excluding carboxylic acids is 4. The average molecular weight is 436 g/mol. The van der Waals surface area contributed by atoms with Crippen molar-refractivity contribution in [3.8, 4) is 0 Å². The molecule has 3 N–H and O–H groups in total. The minimum atomic E-state index is -0.618. The zero-order valence-electron chi connectivity index (χ0n) is 16.6. The highest BCUT2D eigenvalue weighted by molar-refractivity contribution is 6.05. The molecule has 30 heavy (non-hydrogen) atoms. The number of halogens is 1. The van der Waals surface area contributed by atoms with Gasteiger partial charge in [-0.3, -0.25) is 19.7 Å². The van der Waals surface area contributed by atoms with Crippen molar-refractivity contribution in [2.45, 2.75) is 38.4 Å². The van der Waals surface area contributed by atoms with Crippen LogP contribution in [0, 0.1) is 0 Å². The number of fused-ring (bicyclic) bond motifs is 1. The quantitative estimate of drug-likeness (QED) is 0.594. The third-order valence-corrected chi connectivity index (χ3v) is 5.66. The van der Waals surface area contributed by atoms with Crippen molar-refractivity contribution in [3.05, 3.63) is 34.9 Å². The van der Waals surface area contributed by atoms with Gasteiger partial charge in [0.25, 0.3) is 5.91 Å². The second-order valence-electron chi connectivity index (χ2n) is 7.64. The van der Waals surface area contributed by atoms with Gasteiger partial charge in [-0.15, -0.1) is 12.4 Å². The fourth-order valence-electron chi connectivity index (χ4n) is 4.05. The summed E-state index contributed by atoms with van der Waals surface area (Å²) in [6.07, 6.45) is 1.51. The normalized spacial score (nSPS) is 21.5. The standard InChI is InChI=1S/C20H25N5O4.ClH/c26-17-5-4-16(18(27)23-17)25-12-14-3-2-13(10-15(14)19(25)28)11-22-20(29)24-8-1-6-21-7-9-24;/h2-3,10,16,21H,1,4-9,11-12H2,(H,22,29)(H,23,26,27);1H. The maximum absolute atomic E-state index is 12.9. The number of carbonyl (C=O) groups is 4. The van der Waals surface area contributed by atoms with E-state index in [0.717, 1.165) is 37.2 Å². The molecule has 2 saturated heterocycles. The molecule has 1 unspecified atom stereocenters. The number of urea groups is 1. The van der Waals surface area contributed by atoms with E-state index in [1.165, 1.54) is 4.90 Å². The highest BCUT2D eigenvalue weighted by Gasteiger charge is 2.39. The predicted octanol–water partition coefficient (Wildman–Crippen LogP) is 0.374. The Kier molecular flexibility index (Phi) is 6.94. The SMILES string of the molecule is Cl.O=C1CCC(N2Cc3ccc(CNC(=O)N4CCCNCC4)cc3C2=O)C(=O)N1. The lowest BCUT2D eigenvalue weighted by Gasteiger charge is -2.29. The minimum Gasteiger partial charge on any atom is -0.334 e. The van der Waals surface area contributed by atoms with Gasteiger partial charge in [0.2, 0.25) is 11.8 Å². The first-order valence-corrected chi connectivity index (χ1v) is 10.0. The van der Waals surface area contributed by atoms with Crippen LogP contribution in [-0.4, -0.2) is 65.8 Å². The zero-order valence-corrected chi connectivity index (χ0v) is 17.4. The number of hydrogen-bond donors (Lipinski definition) is 3. The van der Waals surface area contributed by atoms with E-state index in [2.05, 4.69) is 16.0 Å². The lowest BCUT2D eigenvalue weighted by Crippen LogP contribution is -2.52. The molecule has 3 aliphatic heterocycles. The molecule has 3 aliphatic rings. The smallest absolute Gasteiger partial charge is 0.317 e. The molecule has 3 heterocycles. The molecule has 10 heteroatoms. The molecular formula is C20H26ClN5O4. The molecule has 4 rings (SSSR count). The lowest BCUT2D eigenvalue weighted by molar-refractivity contribution is -0.136. The van der Waals surface area contributed by atoms with Crippen molar-refractivity contribution >= 4 is 36.2 Å². The van der Waals surface area contributed by atoms with Crippen LogP contribution >= 0.6 is 12.4 Å². The summed E-state index contributed by atoms with van der Waals surface area (Å²) in [5.41, 5.74) is 2.25. The fraction of sp³-hybridized carbons (Fsp3) is 0.500. The third-order valence-electron chi connectivity index (χ3n) is 5.66. The molecule has 0 radical (unpaired) electrons. The van der Waals surface area contributed by atoms with Crippen LogP contribution in [0.4, 0.5) is 4.79 Å². The summed E-state index contributed by atoms with van der Waals surface area (Å²) >= 11 is 0. The molecule has 0 aliphatic carbocycles. The Morgan fingerprint density at radius 1 is 1.17 bits per heavy atom. The molecule has 9 nitrogen and oxygen atoms in total. The second-order valence-corrected chi connectivity index (χ2v) is 7.64. The van der Waals surface area contributed by atoms with Crippen LogP contribution in [0.25, 0.3) is 0 Å². The Labute approximate surface area is 180 Å². The van der Waals surface area contributed by atoms with Crippen molar-refractivity contribution < 1.29 is 19.2 Å². The molecule has 0 saturated carbocycles. The van der Waals surface area contributed by atoms with Crippen molar-refractivity contribution in [3.63, 3.8) is 0 Å². The highest BCUT2D eigenvalue weighted by atomic mass is 35.5. The molecule has 1 aromatic rings. The van der Waals surface area contributed by atoms with Gasteiger partial charge in [0, 0.05) is 44.7 Å². The number of nitrogens with one attached hydrogen (secondary N) is 3. The number of rotatable bonds is 3. The molecule has 0 aromatic heterocycles. The van der Waals surface area contributed by atoms with Crippen molar-refractivity contribution in [1.82, 2.24) is 25.8 Å². The van der Waals surface area contributed by atoms with Crippen LogP contribution in [0.1, 0.15) is 40.7 Å². The van der Waals surface area contributed by atoms with E-state index >= 15 is 0 Å². The Morgan fingerprint density at radius 2 is 2.00 bits per heavy atom. The van der Waals surface area contributed by atoms with Crippen LogP contribution in [-0.2, 0) is 22.7 Å². The molecule has 0 bridgehead atoms. The van der Waals surface area contributed by atoms with Gasteiger partial charge in [0.1, 0.15) is 6.04 Å². The Bertz CT molecular complexity index is 854. The second kappa shape index (κ2) is 9.44. The number of nitrogens with zero attached hydrogens (tertiary/aromatic N) is 2.